The minimum atomic E-state index is -4.96. The van der Waals surface area contributed by atoms with Gasteiger partial charge in [-0.3, -0.25) is 14.5 Å². The number of hydrogen-bond acceptors (Lipinski definition) is 6. The molecule has 1 saturated heterocycles. The summed E-state index contributed by atoms with van der Waals surface area (Å²) in [7, 11) is 1.97. The summed E-state index contributed by atoms with van der Waals surface area (Å²) in [6, 6.07) is 3.10. The molecule has 0 saturated carbocycles. The number of rotatable bonds is 6. The number of nitrogens with one attached hydrogen (secondary N) is 2. The summed E-state index contributed by atoms with van der Waals surface area (Å²) in [6.45, 7) is 9.24. The first-order valence-electron chi connectivity index (χ1n) is 13.7. The Hall–Kier alpha value is -3.87. The molecular formula is C29H35F4N5O4. The van der Waals surface area contributed by atoms with Gasteiger partial charge in [-0.15, -0.1) is 0 Å². The van der Waals surface area contributed by atoms with Gasteiger partial charge in [0.1, 0.15) is 5.82 Å². The number of hydrogen-bond donors (Lipinski definition) is 2. The fourth-order valence-corrected chi connectivity index (χ4v) is 5.07. The van der Waals surface area contributed by atoms with Gasteiger partial charge in [0.25, 0.3) is 5.91 Å². The van der Waals surface area contributed by atoms with Crippen LogP contribution < -0.4 is 15.8 Å². The van der Waals surface area contributed by atoms with E-state index in [1.54, 1.807) is 6.08 Å². The van der Waals surface area contributed by atoms with Crippen LogP contribution in [-0.2, 0) is 10.9 Å². The van der Waals surface area contributed by atoms with E-state index in [0.717, 1.165) is 0 Å². The van der Waals surface area contributed by atoms with E-state index >= 15 is 4.39 Å². The van der Waals surface area contributed by atoms with Gasteiger partial charge in [0.05, 0.1) is 29.1 Å². The van der Waals surface area contributed by atoms with Gasteiger partial charge < -0.3 is 24.8 Å². The summed E-state index contributed by atoms with van der Waals surface area (Å²) in [5, 5.41) is 2.54. The van der Waals surface area contributed by atoms with Crippen LogP contribution in [0.15, 0.2) is 35.3 Å². The van der Waals surface area contributed by atoms with Gasteiger partial charge >= 0.3 is 12.3 Å². The predicted octanol–water partition coefficient (Wildman–Crippen LogP) is 4.81. The molecule has 4 rings (SSSR count). The highest BCUT2D eigenvalue weighted by molar-refractivity contribution is 6.07. The van der Waals surface area contributed by atoms with Gasteiger partial charge in [-0.2, -0.15) is 13.2 Å². The van der Waals surface area contributed by atoms with Gasteiger partial charge in [0.15, 0.2) is 0 Å². The van der Waals surface area contributed by atoms with Crippen molar-refractivity contribution < 1.29 is 31.9 Å². The maximum Gasteiger partial charge on any atom is 0.417 e. The molecule has 2 aromatic rings. The lowest BCUT2D eigenvalue weighted by molar-refractivity contribution is -0.138. The van der Waals surface area contributed by atoms with Crippen LogP contribution in [0.25, 0.3) is 5.57 Å². The third-order valence-corrected chi connectivity index (χ3v) is 7.57. The van der Waals surface area contributed by atoms with Crippen molar-refractivity contribution in [2.75, 3.05) is 50.1 Å². The quantitative estimate of drug-likeness (QED) is 0.467. The zero-order valence-corrected chi connectivity index (χ0v) is 24.1. The Bertz CT molecular complexity index is 1430. The minimum Gasteiger partial charge on any atom is -0.449 e. The second-order valence-electron chi connectivity index (χ2n) is 11.3. The SMILES string of the molecule is CC(C)COC(=O)N1CC=C(c2cc(NC(=O)c3c[nH]c(=O)cc3C(F)(F)F)c(N3CC(C)N(C)C(C)C3)cc2F)C1. The van der Waals surface area contributed by atoms with Crippen molar-refractivity contribution in [1.82, 2.24) is 14.8 Å². The van der Waals surface area contributed by atoms with E-state index < -0.39 is 40.7 Å². The van der Waals surface area contributed by atoms with Gasteiger partial charge in [0.2, 0.25) is 5.56 Å². The standard InChI is InChI=1S/C29H35F4N5O4/c1-16(2)15-42-28(41)37-7-6-19(14-37)20-8-24(25(10-23(20)30)38-12-17(3)36(5)18(4)13-38)35-27(40)21-11-34-26(39)9-22(21)29(31,32)33/h6,8-11,16-18H,7,12-15H2,1-5H3,(H,34,39)(H,35,40). The second kappa shape index (κ2) is 12.2. The highest BCUT2D eigenvalue weighted by Gasteiger charge is 2.36. The van der Waals surface area contributed by atoms with Crippen LogP contribution in [-0.4, -0.2) is 78.7 Å². The summed E-state index contributed by atoms with van der Waals surface area (Å²) < 4.78 is 62.1. The van der Waals surface area contributed by atoms with Crippen molar-refractivity contribution in [1.29, 1.82) is 0 Å². The van der Waals surface area contributed by atoms with Crippen LogP contribution in [0.3, 0.4) is 0 Å². The topological polar surface area (TPSA) is 98.0 Å². The highest BCUT2D eigenvalue weighted by atomic mass is 19.4. The van der Waals surface area contributed by atoms with Crippen LogP contribution >= 0.6 is 0 Å². The lowest BCUT2D eigenvalue weighted by Gasteiger charge is -2.44. The number of alkyl halides is 3. The van der Waals surface area contributed by atoms with Crippen molar-refractivity contribution in [3.05, 3.63) is 63.3 Å². The molecule has 9 nitrogen and oxygen atoms in total. The summed E-state index contributed by atoms with van der Waals surface area (Å²) in [6.07, 6.45) is -3.12. The molecule has 0 spiro atoms. The number of piperazine rings is 1. The first-order chi connectivity index (χ1) is 19.6. The fraction of sp³-hybridized carbons (Fsp3) is 0.483. The van der Waals surface area contributed by atoms with Crippen molar-refractivity contribution in [3.63, 3.8) is 0 Å². The van der Waals surface area contributed by atoms with E-state index in [4.69, 9.17) is 4.74 Å². The van der Waals surface area contributed by atoms with Crippen LogP contribution in [0.4, 0.5) is 33.7 Å². The number of carbonyl (C=O) groups excluding carboxylic acids is 2. The number of H-pyrrole nitrogens is 1. The van der Waals surface area contributed by atoms with Crippen molar-refractivity contribution in [2.45, 2.75) is 46.0 Å². The maximum absolute atomic E-state index is 15.7. The molecule has 3 heterocycles. The van der Waals surface area contributed by atoms with Crippen LogP contribution in [0, 0.1) is 11.7 Å². The first kappa shape index (κ1) is 31.1. The van der Waals surface area contributed by atoms with Crippen LogP contribution in [0.5, 0.6) is 0 Å². The Morgan fingerprint density at radius 3 is 2.43 bits per heavy atom. The van der Waals surface area contributed by atoms with E-state index in [1.807, 2.05) is 39.6 Å². The van der Waals surface area contributed by atoms with E-state index in [0.29, 0.717) is 36.6 Å². The molecule has 1 fully saturated rings. The molecule has 0 bridgehead atoms. The van der Waals surface area contributed by atoms with E-state index in [-0.39, 0.29) is 48.9 Å². The average Bonchev–Trinajstić information content (AvgIpc) is 3.40. The fourth-order valence-electron chi connectivity index (χ4n) is 5.07. The minimum absolute atomic E-state index is 0.0568. The van der Waals surface area contributed by atoms with Crippen molar-refractivity contribution >= 4 is 28.9 Å². The number of aromatic nitrogens is 1. The number of nitrogens with zero attached hydrogens (tertiary/aromatic N) is 3. The number of amides is 2. The van der Waals surface area contributed by atoms with E-state index in [1.165, 1.54) is 17.0 Å². The number of ether oxygens (including phenoxy) is 1. The summed E-state index contributed by atoms with van der Waals surface area (Å²) in [5.41, 5.74) is -2.20. The first-order valence-corrected chi connectivity index (χ1v) is 13.7. The molecule has 228 valence electrons. The molecule has 2 aliphatic heterocycles. The molecule has 2 N–H and O–H groups in total. The van der Waals surface area contributed by atoms with E-state index in [2.05, 4.69) is 15.2 Å². The van der Waals surface area contributed by atoms with Gasteiger partial charge in [-0.25, -0.2) is 9.18 Å². The summed E-state index contributed by atoms with van der Waals surface area (Å²) in [4.78, 5) is 44.9. The molecule has 0 aliphatic carbocycles. The van der Waals surface area contributed by atoms with E-state index in [9.17, 15) is 27.6 Å². The predicted molar refractivity (Wildman–Crippen MR) is 151 cm³/mol. The Kier molecular flexibility index (Phi) is 9.00. The van der Waals surface area contributed by atoms with Gasteiger partial charge in [-0.05, 0) is 44.5 Å². The zero-order chi connectivity index (χ0) is 30.9. The zero-order valence-electron chi connectivity index (χ0n) is 24.1. The molecular weight excluding hydrogens is 558 g/mol. The second-order valence-corrected chi connectivity index (χ2v) is 11.3. The number of pyridine rings is 1. The highest BCUT2D eigenvalue weighted by Crippen LogP contribution is 2.37. The van der Waals surface area contributed by atoms with Crippen LogP contribution in [0.2, 0.25) is 0 Å². The molecule has 42 heavy (non-hydrogen) atoms. The third-order valence-electron chi connectivity index (χ3n) is 7.57. The number of halogens is 4. The Labute approximate surface area is 241 Å². The van der Waals surface area contributed by atoms with Crippen LogP contribution in [0.1, 0.15) is 49.2 Å². The number of carbonyl (C=O) groups is 2. The molecule has 1 aromatic carbocycles. The van der Waals surface area contributed by atoms with Gasteiger partial charge in [-0.1, -0.05) is 19.9 Å². The molecule has 0 radical (unpaired) electrons. The maximum atomic E-state index is 15.7. The molecule has 2 unspecified atom stereocenters. The monoisotopic (exact) mass is 593 g/mol. The molecule has 13 heteroatoms. The number of aromatic amines is 1. The number of benzene rings is 1. The number of anilines is 2. The smallest absolute Gasteiger partial charge is 0.417 e. The lowest BCUT2D eigenvalue weighted by Crippen LogP contribution is -2.55. The van der Waals surface area contributed by atoms with Crippen molar-refractivity contribution in [2.24, 2.45) is 5.92 Å². The Balaban J connectivity index is 1.71. The summed E-state index contributed by atoms with van der Waals surface area (Å²) in [5.74, 6) is -1.58. The molecule has 2 amide bonds. The number of likely N-dealkylation sites (N-methyl/N-ethyl adjacent to an activating group) is 1. The Morgan fingerprint density at radius 1 is 1.14 bits per heavy atom. The average molecular weight is 594 g/mol. The Morgan fingerprint density at radius 2 is 1.81 bits per heavy atom. The van der Waals surface area contributed by atoms with Crippen molar-refractivity contribution in [3.8, 4) is 0 Å². The van der Waals surface area contributed by atoms with Gasteiger partial charge in [0, 0.05) is 56.1 Å². The lowest BCUT2D eigenvalue weighted by atomic mass is 10.0. The molecule has 1 aromatic heterocycles. The summed E-state index contributed by atoms with van der Waals surface area (Å²) >= 11 is 0. The largest absolute Gasteiger partial charge is 0.449 e. The normalized spacial score (nSPS) is 19.7. The molecule has 2 atom stereocenters. The molecule has 2 aliphatic rings. The third kappa shape index (κ3) is 6.77.